The number of carbonyl (C=O) groups excluding carboxylic acids is 2. The number of amides is 2. The van der Waals surface area contributed by atoms with Gasteiger partial charge in [0.05, 0.1) is 25.3 Å². The summed E-state index contributed by atoms with van der Waals surface area (Å²) in [5, 5.41) is 10.5. The van der Waals surface area contributed by atoms with Gasteiger partial charge in [-0.25, -0.2) is 14.1 Å². The van der Waals surface area contributed by atoms with E-state index in [1.807, 2.05) is 13.8 Å². The third-order valence-corrected chi connectivity index (χ3v) is 4.32. The molecule has 1 aliphatic rings. The van der Waals surface area contributed by atoms with Crippen molar-refractivity contribution < 1.29 is 14.0 Å². The first kappa shape index (κ1) is 18.9. The van der Waals surface area contributed by atoms with Crippen molar-refractivity contribution in [3.63, 3.8) is 0 Å². The number of pyridine rings is 1. The van der Waals surface area contributed by atoms with Crippen LogP contribution in [0.5, 0.6) is 0 Å². The summed E-state index contributed by atoms with van der Waals surface area (Å²) in [4.78, 5) is 30.5. The van der Waals surface area contributed by atoms with Crippen LogP contribution in [0.1, 0.15) is 46.9 Å². The van der Waals surface area contributed by atoms with Gasteiger partial charge in [-0.1, -0.05) is 11.3 Å². The zero-order valence-electron chi connectivity index (χ0n) is 15.6. The molecular formula is C18H23FN6O2. The second kappa shape index (κ2) is 7.81. The van der Waals surface area contributed by atoms with Crippen LogP contribution in [0.25, 0.3) is 0 Å². The summed E-state index contributed by atoms with van der Waals surface area (Å²) < 4.78 is 15.5. The maximum atomic E-state index is 14.0. The van der Waals surface area contributed by atoms with Crippen molar-refractivity contribution in [3.8, 4) is 0 Å². The lowest BCUT2D eigenvalue weighted by Gasteiger charge is -2.23. The number of hydrogen-bond acceptors (Lipinski definition) is 5. The monoisotopic (exact) mass is 374 g/mol. The van der Waals surface area contributed by atoms with E-state index in [0.29, 0.717) is 5.69 Å². The number of hydrogen-bond donors (Lipinski definition) is 1. The molecule has 3 heterocycles. The molecule has 144 valence electrons. The largest absolute Gasteiger partial charge is 0.348 e. The fourth-order valence-corrected chi connectivity index (χ4v) is 3.13. The van der Waals surface area contributed by atoms with Crippen molar-refractivity contribution >= 4 is 11.8 Å². The molecule has 2 aromatic heterocycles. The minimum Gasteiger partial charge on any atom is -0.348 e. The van der Waals surface area contributed by atoms with Gasteiger partial charge in [-0.05, 0) is 32.9 Å². The summed E-state index contributed by atoms with van der Waals surface area (Å²) in [5.74, 6) is -0.621. The highest BCUT2D eigenvalue weighted by molar-refractivity contribution is 5.93. The Morgan fingerprint density at radius 3 is 2.81 bits per heavy atom. The van der Waals surface area contributed by atoms with Gasteiger partial charge in [-0.3, -0.25) is 9.59 Å². The van der Waals surface area contributed by atoms with E-state index in [1.54, 1.807) is 25.1 Å². The molecule has 1 fully saturated rings. The Balaban J connectivity index is 1.72. The number of carbonyl (C=O) groups is 2. The van der Waals surface area contributed by atoms with Gasteiger partial charge in [0.2, 0.25) is 0 Å². The van der Waals surface area contributed by atoms with Crippen molar-refractivity contribution in [1.29, 1.82) is 0 Å². The number of halogens is 1. The van der Waals surface area contributed by atoms with Gasteiger partial charge in [0, 0.05) is 18.2 Å². The number of aromatic nitrogens is 4. The lowest BCUT2D eigenvalue weighted by Crippen LogP contribution is -2.38. The third kappa shape index (κ3) is 4.47. The van der Waals surface area contributed by atoms with Gasteiger partial charge in [0.25, 0.3) is 11.8 Å². The van der Waals surface area contributed by atoms with Gasteiger partial charge in [-0.15, -0.1) is 5.10 Å². The van der Waals surface area contributed by atoms with E-state index < -0.39 is 6.17 Å². The first-order chi connectivity index (χ1) is 12.8. The van der Waals surface area contributed by atoms with E-state index in [0.717, 1.165) is 5.69 Å². The normalized spacial score (nSPS) is 19.5. The number of rotatable bonds is 5. The van der Waals surface area contributed by atoms with Crippen LogP contribution in [0.3, 0.4) is 0 Å². The molecule has 0 saturated carbocycles. The van der Waals surface area contributed by atoms with E-state index in [9.17, 15) is 14.0 Å². The Bertz CT molecular complexity index is 837. The van der Waals surface area contributed by atoms with Gasteiger partial charge < -0.3 is 10.2 Å². The van der Waals surface area contributed by atoms with E-state index in [4.69, 9.17) is 0 Å². The van der Waals surface area contributed by atoms with Gasteiger partial charge in [0.1, 0.15) is 11.9 Å². The molecule has 2 aromatic rings. The highest BCUT2D eigenvalue weighted by atomic mass is 19.1. The van der Waals surface area contributed by atoms with E-state index in [-0.39, 0.29) is 49.1 Å². The molecule has 0 aliphatic carbocycles. The van der Waals surface area contributed by atoms with Gasteiger partial charge in [-0.2, -0.15) is 0 Å². The van der Waals surface area contributed by atoms with Crippen molar-refractivity contribution in [3.05, 3.63) is 41.5 Å². The Morgan fingerprint density at radius 2 is 2.11 bits per heavy atom. The molecule has 0 bridgehead atoms. The molecule has 1 N–H and O–H groups in total. The van der Waals surface area contributed by atoms with Crippen molar-refractivity contribution in [2.45, 2.75) is 52.0 Å². The maximum absolute atomic E-state index is 14.0. The smallest absolute Gasteiger partial charge is 0.273 e. The third-order valence-electron chi connectivity index (χ3n) is 4.32. The lowest BCUT2D eigenvalue weighted by molar-refractivity contribution is 0.0708. The van der Waals surface area contributed by atoms with Crippen LogP contribution in [-0.4, -0.2) is 61.5 Å². The van der Waals surface area contributed by atoms with Crippen LogP contribution in [-0.2, 0) is 6.54 Å². The number of alkyl halides is 1. The summed E-state index contributed by atoms with van der Waals surface area (Å²) >= 11 is 0. The minimum atomic E-state index is -1.10. The predicted octanol–water partition coefficient (Wildman–Crippen LogP) is 1.37. The Kier molecular flexibility index (Phi) is 5.48. The van der Waals surface area contributed by atoms with Crippen LogP contribution in [0, 0.1) is 6.92 Å². The maximum Gasteiger partial charge on any atom is 0.273 e. The molecule has 8 nitrogen and oxygen atoms in total. The number of likely N-dealkylation sites (tertiary alicyclic amines) is 1. The summed E-state index contributed by atoms with van der Waals surface area (Å²) in [5.41, 5.74) is 1.21. The zero-order valence-corrected chi connectivity index (χ0v) is 15.6. The topological polar surface area (TPSA) is 93.0 Å². The molecular weight excluding hydrogens is 351 g/mol. The summed E-state index contributed by atoms with van der Waals surface area (Å²) in [6.45, 7) is 5.79. The lowest BCUT2D eigenvalue weighted by atomic mass is 10.2. The number of nitrogens with zero attached hydrogens (tertiary/aromatic N) is 5. The molecule has 9 heteroatoms. The molecule has 0 spiro atoms. The average Bonchev–Trinajstić information content (AvgIpc) is 3.20. The summed E-state index contributed by atoms with van der Waals surface area (Å²) in [6.07, 6.45) is 0.623. The van der Waals surface area contributed by atoms with Crippen molar-refractivity contribution in [2.75, 3.05) is 6.54 Å². The molecule has 0 aromatic carbocycles. The highest BCUT2D eigenvalue weighted by Gasteiger charge is 2.36. The average molecular weight is 374 g/mol. The van der Waals surface area contributed by atoms with Crippen LogP contribution in [0.4, 0.5) is 4.39 Å². The molecule has 0 unspecified atom stereocenters. The summed E-state index contributed by atoms with van der Waals surface area (Å²) in [6, 6.07) is 4.79. The Morgan fingerprint density at radius 1 is 1.33 bits per heavy atom. The number of aryl methyl sites for hydroxylation is 1. The fraction of sp³-hybridized carbons (Fsp3) is 0.500. The first-order valence-electron chi connectivity index (χ1n) is 8.93. The zero-order chi connectivity index (χ0) is 19.6. The molecule has 0 radical (unpaired) electrons. The minimum absolute atomic E-state index is 0.0141. The van der Waals surface area contributed by atoms with Gasteiger partial charge in [0.15, 0.2) is 5.69 Å². The quantitative estimate of drug-likeness (QED) is 0.853. The SMILES string of the molecule is Cc1cccc(C(=O)N2C[C@@H](F)C[C@H]2Cn2cc(C(=O)NC(C)C)nn2)n1. The number of nitrogens with one attached hydrogen (secondary N) is 1. The van der Waals surface area contributed by atoms with Crippen LogP contribution >= 0.6 is 0 Å². The van der Waals surface area contributed by atoms with E-state index >= 15 is 0 Å². The molecule has 3 rings (SSSR count). The molecule has 27 heavy (non-hydrogen) atoms. The van der Waals surface area contributed by atoms with Crippen LogP contribution in [0.2, 0.25) is 0 Å². The highest BCUT2D eigenvalue weighted by Crippen LogP contribution is 2.23. The van der Waals surface area contributed by atoms with Gasteiger partial charge >= 0.3 is 0 Å². The second-order valence-corrected chi connectivity index (χ2v) is 7.06. The fourth-order valence-electron chi connectivity index (χ4n) is 3.13. The Hall–Kier alpha value is -2.84. The summed E-state index contributed by atoms with van der Waals surface area (Å²) in [7, 11) is 0. The Labute approximate surface area is 156 Å². The predicted molar refractivity (Wildman–Crippen MR) is 95.9 cm³/mol. The van der Waals surface area contributed by atoms with E-state index in [1.165, 1.54) is 15.8 Å². The molecule has 2 amide bonds. The van der Waals surface area contributed by atoms with Crippen molar-refractivity contribution in [2.24, 2.45) is 0 Å². The first-order valence-corrected chi connectivity index (χ1v) is 8.93. The van der Waals surface area contributed by atoms with Crippen LogP contribution < -0.4 is 5.32 Å². The molecule has 1 aliphatic heterocycles. The van der Waals surface area contributed by atoms with Crippen molar-refractivity contribution in [1.82, 2.24) is 30.2 Å². The molecule has 2 atom stereocenters. The molecule has 1 saturated heterocycles. The van der Waals surface area contributed by atoms with Crippen LogP contribution in [0.15, 0.2) is 24.4 Å². The standard InChI is InChI=1S/C18H23FN6O2/c1-11(2)20-17(26)16-10-24(23-22-16)9-14-7-13(19)8-25(14)18(27)15-6-4-5-12(3)21-15/h4-6,10-11,13-14H,7-9H2,1-3H3,(H,20,26)/t13-,14-/m0/s1. The van der Waals surface area contributed by atoms with E-state index in [2.05, 4.69) is 20.6 Å². The second-order valence-electron chi connectivity index (χ2n) is 7.06.